The number of hydrogen-bond acceptors (Lipinski definition) is 8. The molecule has 1 unspecified atom stereocenters. The summed E-state index contributed by atoms with van der Waals surface area (Å²) < 4.78 is 52.1. The van der Waals surface area contributed by atoms with E-state index < -0.39 is 33.3 Å². The lowest BCUT2D eigenvalue weighted by atomic mass is 9.92. The summed E-state index contributed by atoms with van der Waals surface area (Å²) in [6.07, 6.45) is 6.01. The van der Waals surface area contributed by atoms with Crippen LogP contribution in [0.3, 0.4) is 0 Å². The second kappa shape index (κ2) is 11.1. The normalized spacial score (nSPS) is 23.7. The second-order valence-corrected chi connectivity index (χ2v) is 14.2. The van der Waals surface area contributed by atoms with E-state index >= 15 is 0 Å². The monoisotopic (exact) mass is 581 g/mol. The maximum atomic E-state index is 14.3. The zero-order valence-electron chi connectivity index (χ0n) is 22.0. The van der Waals surface area contributed by atoms with E-state index in [1.807, 2.05) is 6.92 Å². The van der Waals surface area contributed by atoms with Crippen molar-refractivity contribution in [2.75, 3.05) is 18.1 Å². The van der Waals surface area contributed by atoms with Gasteiger partial charge in [-0.3, -0.25) is 9.59 Å². The van der Waals surface area contributed by atoms with E-state index in [1.165, 1.54) is 18.5 Å². The van der Waals surface area contributed by atoms with Crippen LogP contribution >= 0.6 is 11.3 Å². The number of rotatable bonds is 8. The van der Waals surface area contributed by atoms with Crippen molar-refractivity contribution in [2.45, 2.75) is 88.1 Å². The number of amides is 2. The van der Waals surface area contributed by atoms with Crippen LogP contribution in [-0.4, -0.2) is 71.3 Å². The molecular formula is C26H33F2N5O4S2. The Kier molecular flexibility index (Phi) is 7.91. The summed E-state index contributed by atoms with van der Waals surface area (Å²) in [7, 11) is -3.19. The van der Waals surface area contributed by atoms with E-state index in [1.54, 1.807) is 4.90 Å². The highest BCUT2D eigenvalue weighted by atomic mass is 32.2. The molecule has 1 saturated heterocycles. The van der Waals surface area contributed by atoms with E-state index in [0.29, 0.717) is 25.2 Å². The second-order valence-electron chi connectivity index (χ2n) is 10.9. The van der Waals surface area contributed by atoms with E-state index in [2.05, 4.69) is 20.6 Å². The third-order valence-electron chi connectivity index (χ3n) is 8.00. The Bertz CT molecular complexity index is 1350. The molecular weight excluding hydrogens is 548 g/mol. The highest BCUT2D eigenvalue weighted by molar-refractivity contribution is 7.91. The number of thiazole rings is 1. The summed E-state index contributed by atoms with van der Waals surface area (Å²) in [5, 5.41) is 5.48. The van der Waals surface area contributed by atoms with E-state index in [-0.39, 0.29) is 44.8 Å². The first-order chi connectivity index (χ1) is 18.5. The molecule has 39 heavy (non-hydrogen) atoms. The number of nitrogens with zero attached hydrogens (tertiary/aromatic N) is 3. The van der Waals surface area contributed by atoms with Crippen LogP contribution in [0.4, 0.5) is 14.6 Å². The Morgan fingerprint density at radius 1 is 1.13 bits per heavy atom. The van der Waals surface area contributed by atoms with E-state index in [4.69, 9.17) is 0 Å². The summed E-state index contributed by atoms with van der Waals surface area (Å²) in [6.45, 7) is 2.45. The third kappa shape index (κ3) is 5.93. The Morgan fingerprint density at radius 3 is 2.46 bits per heavy atom. The number of hydrogen-bond donors (Lipinski definition) is 2. The fraction of sp³-hybridized carbons (Fsp3) is 0.615. The largest absolute Gasteiger partial charge is 0.367 e. The van der Waals surface area contributed by atoms with Crippen molar-refractivity contribution in [3.8, 4) is 10.4 Å². The molecule has 2 aromatic rings. The number of carbonyl (C=O) groups excluding carboxylic acids is 2. The van der Waals surface area contributed by atoms with Crippen LogP contribution in [0.5, 0.6) is 0 Å². The van der Waals surface area contributed by atoms with E-state index in [0.717, 1.165) is 49.9 Å². The average Bonchev–Trinajstić information content (AvgIpc) is 3.61. The van der Waals surface area contributed by atoms with Gasteiger partial charge in [0.05, 0.1) is 10.1 Å². The summed E-state index contributed by atoms with van der Waals surface area (Å²) in [5.74, 6) is -0.604. The third-order valence-corrected chi connectivity index (χ3v) is 10.7. The van der Waals surface area contributed by atoms with Gasteiger partial charge in [-0.05, 0) is 51.5 Å². The van der Waals surface area contributed by atoms with Gasteiger partial charge in [-0.1, -0.05) is 12.8 Å². The first-order valence-electron chi connectivity index (χ1n) is 13.4. The molecule has 2 N–H and O–H groups in total. The average molecular weight is 582 g/mol. The lowest BCUT2D eigenvalue weighted by Gasteiger charge is -2.34. The van der Waals surface area contributed by atoms with Crippen LogP contribution in [0, 0.1) is 0 Å². The molecule has 1 aliphatic heterocycles. The minimum atomic E-state index is -3.19. The van der Waals surface area contributed by atoms with Crippen LogP contribution in [0.15, 0.2) is 12.3 Å². The van der Waals surface area contributed by atoms with Crippen molar-refractivity contribution < 1.29 is 26.8 Å². The molecule has 2 saturated carbocycles. The number of aromatic nitrogens is 2. The molecule has 212 valence electrons. The van der Waals surface area contributed by atoms with Gasteiger partial charge in [0, 0.05) is 48.2 Å². The number of anilines is 1. The van der Waals surface area contributed by atoms with Crippen LogP contribution in [0.2, 0.25) is 0 Å². The predicted octanol–water partition coefficient (Wildman–Crippen LogP) is 4.43. The SMILES string of the molecule is CC1CCCN1C(=O)c1nc(C(=O)NC2CC(S(C)(=O)=O)C2)sc1-c1cnc(NC2CCCC2)cc1C(F)F. The number of alkyl halides is 2. The van der Waals surface area contributed by atoms with Crippen molar-refractivity contribution in [3.63, 3.8) is 0 Å². The smallest absolute Gasteiger partial charge is 0.280 e. The molecule has 2 aliphatic carbocycles. The quantitative estimate of drug-likeness (QED) is 0.473. The van der Waals surface area contributed by atoms with Gasteiger partial charge in [-0.2, -0.15) is 0 Å². The lowest BCUT2D eigenvalue weighted by molar-refractivity contribution is 0.0743. The standard InChI is InChI=1S/C26H33F2N5O4S2/c1-14-6-5-9-33(14)26(35)21-22(38-25(32-21)24(34)31-16-10-17(11-16)39(2,36)37)19-13-29-20(12-18(19)23(27)28)30-15-7-3-4-8-15/h12-17,23H,3-11H2,1-2H3,(H,29,30)(H,31,34). The minimum Gasteiger partial charge on any atom is -0.367 e. The number of nitrogens with one attached hydrogen (secondary N) is 2. The molecule has 0 bridgehead atoms. The molecule has 0 spiro atoms. The zero-order valence-corrected chi connectivity index (χ0v) is 23.6. The van der Waals surface area contributed by atoms with Gasteiger partial charge < -0.3 is 15.5 Å². The first-order valence-corrected chi connectivity index (χ1v) is 16.1. The number of sulfone groups is 1. The zero-order chi connectivity index (χ0) is 27.9. The minimum absolute atomic E-state index is 0.0297. The molecule has 2 amide bonds. The molecule has 9 nitrogen and oxygen atoms in total. The Balaban J connectivity index is 1.46. The van der Waals surface area contributed by atoms with Crippen molar-refractivity contribution in [1.29, 1.82) is 0 Å². The highest BCUT2D eigenvalue weighted by Gasteiger charge is 2.38. The van der Waals surface area contributed by atoms with Crippen LogP contribution < -0.4 is 10.6 Å². The van der Waals surface area contributed by atoms with Crippen LogP contribution in [0.1, 0.15) is 90.6 Å². The van der Waals surface area contributed by atoms with Crippen LogP contribution in [-0.2, 0) is 9.84 Å². The van der Waals surface area contributed by atoms with Gasteiger partial charge >= 0.3 is 0 Å². The van der Waals surface area contributed by atoms with Crippen molar-refractivity contribution in [1.82, 2.24) is 20.2 Å². The Labute approximate surface area is 230 Å². The maximum Gasteiger partial charge on any atom is 0.280 e. The van der Waals surface area contributed by atoms with Crippen molar-refractivity contribution >= 4 is 38.8 Å². The molecule has 13 heteroatoms. The molecule has 0 radical (unpaired) electrons. The fourth-order valence-electron chi connectivity index (χ4n) is 5.60. The lowest BCUT2D eigenvalue weighted by Crippen LogP contribution is -2.49. The molecule has 2 aromatic heterocycles. The summed E-state index contributed by atoms with van der Waals surface area (Å²) in [5.41, 5.74) is -0.240. The molecule has 0 aromatic carbocycles. The first kappa shape index (κ1) is 27.9. The number of pyridine rings is 1. The van der Waals surface area contributed by atoms with Gasteiger partial charge in [0.2, 0.25) is 0 Å². The number of halogens is 2. The molecule has 5 rings (SSSR count). The molecule has 3 aliphatic rings. The van der Waals surface area contributed by atoms with Gasteiger partial charge in [-0.15, -0.1) is 11.3 Å². The highest BCUT2D eigenvalue weighted by Crippen LogP contribution is 2.39. The summed E-state index contributed by atoms with van der Waals surface area (Å²) >= 11 is 0.880. The number of carbonyl (C=O) groups is 2. The van der Waals surface area contributed by atoms with Gasteiger partial charge in [-0.25, -0.2) is 27.2 Å². The van der Waals surface area contributed by atoms with Crippen LogP contribution in [0.25, 0.3) is 10.4 Å². The molecule has 3 heterocycles. The van der Waals surface area contributed by atoms with Gasteiger partial charge in [0.15, 0.2) is 5.01 Å². The Morgan fingerprint density at radius 2 is 1.85 bits per heavy atom. The maximum absolute atomic E-state index is 14.3. The topological polar surface area (TPSA) is 121 Å². The van der Waals surface area contributed by atoms with Gasteiger partial charge in [0.25, 0.3) is 18.2 Å². The number of likely N-dealkylation sites (tertiary alicyclic amines) is 1. The predicted molar refractivity (Wildman–Crippen MR) is 145 cm³/mol. The van der Waals surface area contributed by atoms with Crippen molar-refractivity contribution in [3.05, 3.63) is 28.5 Å². The molecule has 3 fully saturated rings. The molecule has 1 atom stereocenters. The Hall–Kier alpha value is -2.67. The summed E-state index contributed by atoms with van der Waals surface area (Å²) in [6, 6.07) is 1.15. The fourth-order valence-corrected chi connectivity index (χ4v) is 7.75. The van der Waals surface area contributed by atoms with Crippen molar-refractivity contribution in [2.24, 2.45) is 0 Å². The van der Waals surface area contributed by atoms with Gasteiger partial charge in [0.1, 0.15) is 21.3 Å². The van der Waals surface area contributed by atoms with E-state index in [9.17, 15) is 26.8 Å². The summed E-state index contributed by atoms with van der Waals surface area (Å²) in [4.78, 5) is 37.2.